The van der Waals surface area contributed by atoms with Crippen molar-refractivity contribution in [2.24, 2.45) is 0 Å². The molecular formula is C10H12BrNO. The Morgan fingerprint density at radius 1 is 1.46 bits per heavy atom. The fourth-order valence-electron chi connectivity index (χ4n) is 1.15. The average Bonchev–Trinajstić information content (AvgIpc) is 2.84. The third kappa shape index (κ3) is 1.97. The van der Waals surface area contributed by atoms with Crippen LogP contribution in [-0.2, 0) is 0 Å². The van der Waals surface area contributed by atoms with Crippen molar-refractivity contribution in [1.29, 1.82) is 0 Å². The van der Waals surface area contributed by atoms with Gasteiger partial charge in [-0.15, -0.1) is 0 Å². The SMILES string of the molecule is Cc1cc(N)c(OC2CC2)cc1Br. The summed E-state index contributed by atoms with van der Waals surface area (Å²) in [4.78, 5) is 0. The number of hydrogen-bond acceptors (Lipinski definition) is 2. The number of anilines is 1. The zero-order valence-corrected chi connectivity index (χ0v) is 9.10. The standard InChI is InChI=1S/C10H12BrNO/c1-6-4-9(12)10(5-8(6)11)13-7-2-3-7/h4-5,7H,2-3,12H2,1H3. The Bertz CT molecular complexity index is 334. The number of hydrogen-bond donors (Lipinski definition) is 1. The lowest BCUT2D eigenvalue weighted by Gasteiger charge is -2.09. The first-order chi connectivity index (χ1) is 6.16. The molecule has 0 aliphatic heterocycles. The van der Waals surface area contributed by atoms with Crippen molar-refractivity contribution in [3.05, 3.63) is 22.2 Å². The minimum atomic E-state index is 0.400. The average molecular weight is 242 g/mol. The van der Waals surface area contributed by atoms with E-state index in [9.17, 15) is 0 Å². The first-order valence-electron chi connectivity index (χ1n) is 4.39. The van der Waals surface area contributed by atoms with Gasteiger partial charge in [0.2, 0.25) is 0 Å². The summed E-state index contributed by atoms with van der Waals surface area (Å²) in [6.07, 6.45) is 2.72. The van der Waals surface area contributed by atoms with Crippen LogP contribution in [0.5, 0.6) is 5.75 Å². The van der Waals surface area contributed by atoms with Crippen molar-refractivity contribution in [2.75, 3.05) is 5.73 Å². The first-order valence-corrected chi connectivity index (χ1v) is 5.18. The molecule has 0 aromatic heterocycles. The van der Waals surface area contributed by atoms with Gasteiger partial charge in [0.1, 0.15) is 5.75 Å². The van der Waals surface area contributed by atoms with E-state index in [0.29, 0.717) is 6.10 Å². The maximum absolute atomic E-state index is 5.82. The second kappa shape index (κ2) is 3.22. The number of aryl methyl sites for hydroxylation is 1. The fourth-order valence-corrected chi connectivity index (χ4v) is 1.48. The number of nitrogen functional groups attached to an aromatic ring is 1. The monoisotopic (exact) mass is 241 g/mol. The zero-order chi connectivity index (χ0) is 9.42. The first kappa shape index (κ1) is 8.88. The molecule has 13 heavy (non-hydrogen) atoms. The topological polar surface area (TPSA) is 35.2 Å². The van der Waals surface area contributed by atoms with Crippen LogP contribution in [0.15, 0.2) is 16.6 Å². The summed E-state index contributed by atoms with van der Waals surface area (Å²) in [5.41, 5.74) is 7.69. The van der Waals surface area contributed by atoms with Crippen LogP contribution in [0.1, 0.15) is 18.4 Å². The van der Waals surface area contributed by atoms with Crippen molar-refractivity contribution in [1.82, 2.24) is 0 Å². The summed E-state index contributed by atoms with van der Waals surface area (Å²) in [5, 5.41) is 0. The van der Waals surface area contributed by atoms with Crippen LogP contribution in [0.3, 0.4) is 0 Å². The minimum Gasteiger partial charge on any atom is -0.488 e. The van der Waals surface area contributed by atoms with Gasteiger partial charge in [-0.2, -0.15) is 0 Å². The van der Waals surface area contributed by atoms with Crippen molar-refractivity contribution < 1.29 is 4.74 Å². The molecule has 2 nitrogen and oxygen atoms in total. The van der Waals surface area contributed by atoms with Crippen LogP contribution in [0, 0.1) is 6.92 Å². The number of nitrogens with two attached hydrogens (primary N) is 1. The van der Waals surface area contributed by atoms with E-state index in [1.165, 1.54) is 0 Å². The molecule has 2 rings (SSSR count). The Hall–Kier alpha value is -0.700. The van der Waals surface area contributed by atoms with E-state index >= 15 is 0 Å². The maximum Gasteiger partial charge on any atom is 0.143 e. The third-order valence-electron chi connectivity index (χ3n) is 2.11. The second-order valence-electron chi connectivity index (χ2n) is 3.46. The summed E-state index contributed by atoms with van der Waals surface area (Å²) in [5.74, 6) is 0.806. The molecule has 3 heteroatoms. The van der Waals surface area contributed by atoms with Gasteiger partial charge in [-0.1, -0.05) is 15.9 Å². The van der Waals surface area contributed by atoms with E-state index in [1.807, 2.05) is 19.1 Å². The molecule has 0 amide bonds. The smallest absolute Gasteiger partial charge is 0.143 e. The van der Waals surface area contributed by atoms with Crippen LogP contribution < -0.4 is 10.5 Å². The van der Waals surface area contributed by atoms with Crippen molar-refractivity contribution in [3.8, 4) is 5.75 Å². The lowest BCUT2D eigenvalue weighted by atomic mass is 10.2. The predicted octanol–water partition coefficient (Wildman–Crippen LogP) is 2.88. The Morgan fingerprint density at radius 3 is 2.77 bits per heavy atom. The number of halogens is 1. The summed E-state index contributed by atoms with van der Waals surface area (Å²) in [7, 11) is 0. The molecule has 0 bridgehead atoms. The van der Waals surface area contributed by atoms with Gasteiger partial charge in [0, 0.05) is 4.47 Å². The van der Waals surface area contributed by atoms with Crippen LogP contribution in [-0.4, -0.2) is 6.10 Å². The highest BCUT2D eigenvalue weighted by atomic mass is 79.9. The van der Waals surface area contributed by atoms with Crippen molar-refractivity contribution in [3.63, 3.8) is 0 Å². The molecule has 1 aromatic rings. The fraction of sp³-hybridized carbons (Fsp3) is 0.400. The molecule has 1 aliphatic rings. The highest BCUT2D eigenvalue weighted by Gasteiger charge is 2.24. The van der Waals surface area contributed by atoms with E-state index in [4.69, 9.17) is 10.5 Å². The number of benzene rings is 1. The molecule has 1 aromatic carbocycles. The maximum atomic E-state index is 5.82. The molecule has 1 saturated carbocycles. The van der Waals surface area contributed by atoms with E-state index < -0.39 is 0 Å². The second-order valence-corrected chi connectivity index (χ2v) is 4.31. The van der Waals surface area contributed by atoms with E-state index in [-0.39, 0.29) is 0 Å². The van der Waals surface area contributed by atoms with Gasteiger partial charge in [0.25, 0.3) is 0 Å². The minimum absolute atomic E-state index is 0.400. The quantitative estimate of drug-likeness (QED) is 0.809. The highest BCUT2D eigenvalue weighted by molar-refractivity contribution is 9.10. The number of rotatable bonds is 2. The Kier molecular flexibility index (Phi) is 2.20. The molecule has 2 N–H and O–H groups in total. The van der Waals surface area contributed by atoms with Crippen molar-refractivity contribution in [2.45, 2.75) is 25.9 Å². The third-order valence-corrected chi connectivity index (χ3v) is 2.96. The molecule has 1 aliphatic carbocycles. The summed E-state index contributed by atoms with van der Waals surface area (Å²) in [6, 6.07) is 3.88. The molecule has 0 spiro atoms. The van der Waals surface area contributed by atoms with Gasteiger partial charge >= 0.3 is 0 Å². The van der Waals surface area contributed by atoms with E-state index in [1.54, 1.807) is 0 Å². The van der Waals surface area contributed by atoms with Gasteiger partial charge in [-0.05, 0) is 37.5 Å². The van der Waals surface area contributed by atoms with E-state index in [0.717, 1.165) is 34.3 Å². The molecule has 0 unspecified atom stereocenters. The van der Waals surface area contributed by atoms with Gasteiger partial charge in [-0.3, -0.25) is 0 Å². The summed E-state index contributed by atoms with van der Waals surface area (Å²) in [6.45, 7) is 2.02. The Labute approximate surface area is 86.2 Å². The van der Waals surface area contributed by atoms with Crippen LogP contribution in [0.2, 0.25) is 0 Å². The molecular weight excluding hydrogens is 230 g/mol. The molecule has 0 atom stereocenters. The zero-order valence-electron chi connectivity index (χ0n) is 7.51. The van der Waals surface area contributed by atoms with Gasteiger partial charge in [0.05, 0.1) is 11.8 Å². The Balaban J connectivity index is 2.27. The lowest BCUT2D eigenvalue weighted by molar-refractivity contribution is 0.304. The molecule has 0 saturated heterocycles. The predicted molar refractivity (Wildman–Crippen MR) is 56.9 cm³/mol. The van der Waals surface area contributed by atoms with E-state index in [2.05, 4.69) is 15.9 Å². The van der Waals surface area contributed by atoms with Crippen LogP contribution in [0.25, 0.3) is 0 Å². The van der Waals surface area contributed by atoms with Gasteiger partial charge in [-0.25, -0.2) is 0 Å². The Morgan fingerprint density at radius 2 is 2.15 bits per heavy atom. The highest BCUT2D eigenvalue weighted by Crippen LogP contribution is 2.34. The van der Waals surface area contributed by atoms with Crippen molar-refractivity contribution >= 4 is 21.6 Å². The van der Waals surface area contributed by atoms with Crippen LogP contribution in [0.4, 0.5) is 5.69 Å². The van der Waals surface area contributed by atoms with Gasteiger partial charge < -0.3 is 10.5 Å². The summed E-state index contributed by atoms with van der Waals surface area (Å²) >= 11 is 3.45. The molecule has 70 valence electrons. The van der Waals surface area contributed by atoms with Gasteiger partial charge in [0.15, 0.2) is 0 Å². The largest absolute Gasteiger partial charge is 0.488 e. The van der Waals surface area contributed by atoms with Crippen LogP contribution >= 0.6 is 15.9 Å². The molecule has 1 fully saturated rings. The molecule has 0 radical (unpaired) electrons. The summed E-state index contributed by atoms with van der Waals surface area (Å²) < 4.78 is 6.69. The number of ether oxygens (including phenoxy) is 1. The molecule has 0 heterocycles. The lowest BCUT2D eigenvalue weighted by Crippen LogP contribution is -2.00. The normalized spacial score (nSPS) is 15.8.